The maximum atomic E-state index is 12.6. The van der Waals surface area contributed by atoms with Crippen LogP contribution in [0.3, 0.4) is 0 Å². The molecule has 0 bridgehead atoms. The highest BCUT2D eigenvalue weighted by Crippen LogP contribution is 2.26. The molecule has 2 unspecified atom stereocenters. The minimum Gasteiger partial charge on any atom is -0.384 e. The summed E-state index contributed by atoms with van der Waals surface area (Å²) in [5, 5.41) is 5.76. The van der Waals surface area contributed by atoms with Gasteiger partial charge >= 0.3 is 6.03 Å². The highest BCUT2D eigenvalue weighted by atomic mass is 16.5. The van der Waals surface area contributed by atoms with E-state index in [-0.39, 0.29) is 18.1 Å². The molecule has 40 heavy (non-hydrogen) atoms. The smallest absolute Gasteiger partial charge is 0.323 e. The fourth-order valence-electron chi connectivity index (χ4n) is 4.76. The van der Waals surface area contributed by atoms with Gasteiger partial charge in [0, 0.05) is 37.1 Å². The predicted octanol–water partition coefficient (Wildman–Crippen LogP) is 3.82. The van der Waals surface area contributed by atoms with Crippen LogP contribution in [0.2, 0.25) is 0 Å². The third kappa shape index (κ3) is 6.85. The Labute approximate surface area is 234 Å². The third-order valence-corrected chi connectivity index (χ3v) is 7.07. The van der Waals surface area contributed by atoms with Gasteiger partial charge in [-0.15, -0.1) is 0 Å². The number of amides is 2. The fraction of sp³-hybridized carbons (Fsp3) is 0.448. The summed E-state index contributed by atoms with van der Waals surface area (Å²) in [6.45, 7) is 8.85. The molecule has 2 aromatic carbocycles. The summed E-state index contributed by atoms with van der Waals surface area (Å²) in [5.74, 6) is 1.87. The van der Waals surface area contributed by atoms with E-state index in [2.05, 4.69) is 34.3 Å². The van der Waals surface area contributed by atoms with Gasteiger partial charge in [-0.1, -0.05) is 12.1 Å². The second-order valence-electron chi connectivity index (χ2n) is 10.1. The van der Waals surface area contributed by atoms with Crippen molar-refractivity contribution < 1.29 is 19.0 Å². The summed E-state index contributed by atoms with van der Waals surface area (Å²) in [6.07, 6.45) is 0.830. The van der Waals surface area contributed by atoms with Crippen LogP contribution in [-0.2, 0) is 20.6 Å². The highest BCUT2D eigenvalue weighted by Gasteiger charge is 2.27. The van der Waals surface area contributed by atoms with Gasteiger partial charge in [0.1, 0.15) is 0 Å². The van der Waals surface area contributed by atoms with E-state index in [0.29, 0.717) is 56.4 Å². The van der Waals surface area contributed by atoms with Crippen molar-refractivity contribution in [2.24, 2.45) is 0 Å². The van der Waals surface area contributed by atoms with Crippen LogP contribution in [0.1, 0.15) is 19.4 Å². The van der Waals surface area contributed by atoms with E-state index >= 15 is 0 Å². The van der Waals surface area contributed by atoms with Crippen molar-refractivity contribution in [1.29, 1.82) is 0 Å². The molecule has 2 aliphatic rings. The number of aromatic nitrogens is 3. The summed E-state index contributed by atoms with van der Waals surface area (Å²) < 4.78 is 16.4. The number of methoxy groups -OCH3 is 1. The third-order valence-electron chi connectivity index (χ3n) is 7.07. The SMILES string of the molecule is COCCc1ccc(NC(=O)Nc2ccc(-c3nc(N4CCOCC4C)nc(N4CCOCC4C)n3)cc2)cc1. The van der Waals surface area contributed by atoms with E-state index in [9.17, 15) is 4.79 Å². The van der Waals surface area contributed by atoms with Crippen molar-refractivity contribution in [2.45, 2.75) is 32.4 Å². The molecule has 212 valence electrons. The molecule has 2 atom stereocenters. The second-order valence-corrected chi connectivity index (χ2v) is 10.1. The number of hydrogen-bond acceptors (Lipinski definition) is 9. The number of nitrogens with one attached hydrogen (secondary N) is 2. The molecular weight excluding hydrogens is 510 g/mol. The molecule has 5 rings (SSSR count). The van der Waals surface area contributed by atoms with E-state index in [1.54, 1.807) is 7.11 Å². The van der Waals surface area contributed by atoms with Crippen LogP contribution in [0.15, 0.2) is 48.5 Å². The average molecular weight is 548 g/mol. The lowest BCUT2D eigenvalue weighted by Crippen LogP contribution is -2.46. The first-order chi connectivity index (χ1) is 19.5. The van der Waals surface area contributed by atoms with Gasteiger partial charge in [0.2, 0.25) is 11.9 Å². The molecule has 2 fully saturated rings. The van der Waals surface area contributed by atoms with Gasteiger partial charge in [0.25, 0.3) is 0 Å². The van der Waals surface area contributed by atoms with E-state index in [4.69, 9.17) is 29.2 Å². The monoisotopic (exact) mass is 547 g/mol. The molecule has 2 saturated heterocycles. The Morgan fingerprint density at radius 3 is 1.88 bits per heavy atom. The lowest BCUT2D eigenvalue weighted by atomic mass is 10.1. The number of benzene rings is 2. The van der Waals surface area contributed by atoms with Crippen molar-refractivity contribution in [2.75, 3.05) is 73.7 Å². The Kier molecular flexibility index (Phi) is 9.04. The minimum atomic E-state index is -0.315. The molecule has 0 aliphatic carbocycles. The second kappa shape index (κ2) is 13.0. The fourth-order valence-corrected chi connectivity index (χ4v) is 4.76. The molecule has 1 aromatic heterocycles. The average Bonchev–Trinajstić information content (AvgIpc) is 2.97. The number of nitrogens with zero attached hydrogens (tertiary/aromatic N) is 5. The van der Waals surface area contributed by atoms with Gasteiger partial charge in [-0.05, 0) is 62.2 Å². The molecule has 3 aromatic rings. The quantitative estimate of drug-likeness (QED) is 0.434. The summed E-state index contributed by atoms with van der Waals surface area (Å²) >= 11 is 0. The van der Waals surface area contributed by atoms with Crippen molar-refractivity contribution in [3.8, 4) is 11.4 Å². The molecular formula is C29H37N7O4. The van der Waals surface area contributed by atoms with Gasteiger partial charge in [0.05, 0.1) is 45.1 Å². The Bertz CT molecular complexity index is 1230. The van der Waals surface area contributed by atoms with Gasteiger partial charge in [-0.3, -0.25) is 0 Å². The zero-order chi connectivity index (χ0) is 27.9. The number of anilines is 4. The first-order valence-corrected chi connectivity index (χ1v) is 13.7. The number of hydrogen-bond donors (Lipinski definition) is 2. The first-order valence-electron chi connectivity index (χ1n) is 13.7. The molecule has 11 nitrogen and oxygen atoms in total. The van der Waals surface area contributed by atoms with Crippen LogP contribution in [0, 0.1) is 0 Å². The van der Waals surface area contributed by atoms with Crippen LogP contribution >= 0.6 is 0 Å². The Morgan fingerprint density at radius 1 is 0.850 bits per heavy atom. The zero-order valence-electron chi connectivity index (χ0n) is 23.3. The summed E-state index contributed by atoms with van der Waals surface area (Å²) in [7, 11) is 1.68. The van der Waals surface area contributed by atoms with E-state index < -0.39 is 0 Å². The molecule has 11 heteroatoms. The van der Waals surface area contributed by atoms with Crippen LogP contribution in [-0.4, -0.2) is 86.3 Å². The van der Waals surface area contributed by atoms with Crippen molar-refractivity contribution >= 4 is 29.3 Å². The summed E-state index contributed by atoms with van der Waals surface area (Å²) in [6, 6.07) is 15.2. The zero-order valence-corrected chi connectivity index (χ0v) is 23.3. The van der Waals surface area contributed by atoms with Crippen molar-refractivity contribution in [3.05, 3.63) is 54.1 Å². The van der Waals surface area contributed by atoms with Crippen LogP contribution in [0.4, 0.5) is 28.1 Å². The summed E-state index contributed by atoms with van der Waals surface area (Å²) in [4.78, 5) is 31.5. The number of carbonyl (C=O) groups is 1. The number of morpholine rings is 2. The normalized spacial score (nSPS) is 19.4. The van der Waals surface area contributed by atoms with Crippen LogP contribution < -0.4 is 20.4 Å². The Morgan fingerprint density at radius 2 is 1.38 bits per heavy atom. The molecule has 2 N–H and O–H groups in total. The molecule has 0 radical (unpaired) electrons. The lowest BCUT2D eigenvalue weighted by Gasteiger charge is -2.36. The molecule has 2 amide bonds. The Hall–Kier alpha value is -3.80. The predicted molar refractivity (Wildman–Crippen MR) is 155 cm³/mol. The van der Waals surface area contributed by atoms with Crippen molar-refractivity contribution in [1.82, 2.24) is 15.0 Å². The molecule has 3 heterocycles. The summed E-state index contributed by atoms with van der Waals surface area (Å²) in [5.41, 5.74) is 3.37. The van der Waals surface area contributed by atoms with Gasteiger partial charge < -0.3 is 34.6 Å². The largest absolute Gasteiger partial charge is 0.384 e. The molecule has 0 saturated carbocycles. The molecule has 2 aliphatic heterocycles. The van der Waals surface area contributed by atoms with Crippen LogP contribution in [0.5, 0.6) is 0 Å². The van der Waals surface area contributed by atoms with E-state index in [1.807, 2.05) is 48.5 Å². The maximum absolute atomic E-state index is 12.6. The number of carbonyl (C=O) groups excluding carboxylic acids is 1. The van der Waals surface area contributed by atoms with Gasteiger partial charge in [0.15, 0.2) is 5.82 Å². The minimum absolute atomic E-state index is 0.158. The van der Waals surface area contributed by atoms with Crippen LogP contribution in [0.25, 0.3) is 11.4 Å². The van der Waals surface area contributed by atoms with E-state index in [0.717, 1.165) is 36.3 Å². The lowest BCUT2D eigenvalue weighted by molar-refractivity contribution is 0.0969. The number of rotatable bonds is 8. The van der Waals surface area contributed by atoms with Gasteiger partial charge in [-0.25, -0.2) is 4.79 Å². The topological polar surface area (TPSA) is 114 Å². The number of urea groups is 1. The van der Waals surface area contributed by atoms with Crippen molar-refractivity contribution in [3.63, 3.8) is 0 Å². The number of ether oxygens (including phenoxy) is 3. The highest BCUT2D eigenvalue weighted by molar-refractivity contribution is 5.99. The van der Waals surface area contributed by atoms with Gasteiger partial charge in [-0.2, -0.15) is 15.0 Å². The molecule has 0 spiro atoms. The van der Waals surface area contributed by atoms with E-state index in [1.165, 1.54) is 0 Å². The first kappa shape index (κ1) is 27.8. The maximum Gasteiger partial charge on any atom is 0.323 e. The standard InChI is InChI=1S/C29H37N7O4/c1-20-18-39-16-13-35(20)27-32-26(33-28(34-27)36-14-17-40-19-21(36)2)23-6-10-25(11-7-23)31-29(37)30-24-8-4-22(5-9-24)12-15-38-3/h4-11,20-21H,12-19H2,1-3H3,(H2,30,31,37). The Balaban J connectivity index is 1.31.